The molecular weight excluding hydrogens is 200 g/mol. The summed E-state index contributed by atoms with van der Waals surface area (Å²) in [5.41, 5.74) is 0. The molecule has 0 aliphatic carbocycles. The van der Waals surface area contributed by atoms with Crippen LogP contribution in [0.3, 0.4) is 0 Å². The van der Waals surface area contributed by atoms with Gasteiger partial charge in [0.1, 0.15) is 12.2 Å². The standard InChI is InChI=1S/C10H18O5/c1-5-4-6-9(13-8(12)7(5)11)15-10(2,3)14-6/h5-9,11-12H,4H2,1-3H3/t5?,6?,7?,8?,9-/m1/s1. The van der Waals surface area contributed by atoms with Gasteiger partial charge in [0.15, 0.2) is 18.4 Å². The van der Waals surface area contributed by atoms with Crippen LogP contribution in [0.2, 0.25) is 0 Å². The molecule has 2 fully saturated rings. The highest BCUT2D eigenvalue weighted by Gasteiger charge is 2.47. The van der Waals surface area contributed by atoms with E-state index >= 15 is 0 Å². The van der Waals surface area contributed by atoms with Gasteiger partial charge in [0.25, 0.3) is 0 Å². The number of ether oxygens (including phenoxy) is 3. The van der Waals surface area contributed by atoms with Gasteiger partial charge in [-0.2, -0.15) is 0 Å². The largest absolute Gasteiger partial charge is 0.388 e. The van der Waals surface area contributed by atoms with Gasteiger partial charge in [-0.05, 0) is 26.2 Å². The van der Waals surface area contributed by atoms with Crippen molar-refractivity contribution in [2.45, 2.75) is 57.8 Å². The second-order valence-corrected chi connectivity index (χ2v) is 4.77. The lowest BCUT2D eigenvalue weighted by molar-refractivity contribution is -0.263. The summed E-state index contributed by atoms with van der Waals surface area (Å²) in [5.74, 6) is -0.760. The van der Waals surface area contributed by atoms with E-state index in [-0.39, 0.29) is 12.0 Å². The van der Waals surface area contributed by atoms with Crippen molar-refractivity contribution in [1.29, 1.82) is 0 Å². The molecule has 2 aliphatic heterocycles. The van der Waals surface area contributed by atoms with Crippen LogP contribution in [0.4, 0.5) is 0 Å². The first-order chi connectivity index (χ1) is 6.89. The summed E-state index contributed by atoms with van der Waals surface area (Å²) >= 11 is 0. The predicted octanol–water partition coefficient (Wildman–Crippen LogP) is 0.200. The summed E-state index contributed by atoms with van der Waals surface area (Å²) in [7, 11) is 0. The quantitative estimate of drug-likeness (QED) is 0.608. The zero-order valence-corrected chi connectivity index (χ0v) is 9.21. The molecule has 0 aromatic carbocycles. The Morgan fingerprint density at radius 1 is 1.20 bits per heavy atom. The molecule has 5 nitrogen and oxygen atoms in total. The van der Waals surface area contributed by atoms with Gasteiger partial charge in [-0.3, -0.25) is 0 Å². The Morgan fingerprint density at radius 2 is 1.87 bits per heavy atom. The smallest absolute Gasteiger partial charge is 0.190 e. The van der Waals surface area contributed by atoms with Crippen LogP contribution < -0.4 is 0 Å². The number of aliphatic hydroxyl groups excluding tert-OH is 2. The molecule has 2 saturated heterocycles. The lowest BCUT2D eigenvalue weighted by atomic mass is 9.98. The molecule has 0 radical (unpaired) electrons. The van der Waals surface area contributed by atoms with Crippen LogP contribution in [0.15, 0.2) is 0 Å². The van der Waals surface area contributed by atoms with Gasteiger partial charge in [0.05, 0.1) is 0 Å². The Hall–Kier alpha value is -0.200. The van der Waals surface area contributed by atoms with Crippen molar-refractivity contribution in [3.8, 4) is 0 Å². The minimum absolute atomic E-state index is 0.0764. The third-order valence-corrected chi connectivity index (χ3v) is 2.89. The fourth-order valence-electron chi connectivity index (χ4n) is 2.08. The predicted molar refractivity (Wildman–Crippen MR) is 50.7 cm³/mol. The van der Waals surface area contributed by atoms with E-state index in [4.69, 9.17) is 14.2 Å². The minimum atomic E-state index is -1.20. The molecule has 0 aromatic heterocycles. The molecule has 2 rings (SSSR count). The van der Waals surface area contributed by atoms with Crippen molar-refractivity contribution in [2.24, 2.45) is 5.92 Å². The summed E-state index contributed by atoms with van der Waals surface area (Å²) in [6, 6.07) is 0. The average molecular weight is 218 g/mol. The maximum absolute atomic E-state index is 9.63. The van der Waals surface area contributed by atoms with Gasteiger partial charge in [-0.25, -0.2) is 0 Å². The SMILES string of the molecule is CC1CC2OC(C)(C)O[C@H]2OC(O)C1O. The Bertz CT molecular complexity index is 220. The highest BCUT2D eigenvalue weighted by Crippen LogP contribution is 2.36. The highest BCUT2D eigenvalue weighted by molar-refractivity contribution is 4.84. The maximum atomic E-state index is 9.63. The van der Waals surface area contributed by atoms with Crippen LogP contribution in [0.25, 0.3) is 0 Å². The van der Waals surface area contributed by atoms with Crippen molar-refractivity contribution < 1.29 is 24.4 Å². The fourth-order valence-corrected chi connectivity index (χ4v) is 2.08. The van der Waals surface area contributed by atoms with Gasteiger partial charge in [0, 0.05) is 0 Å². The van der Waals surface area contributed by atoms with Crippen LogP contribution in [0, 0.1) is 5.92 Å². The van der Waals surface area contributed by atoms with E-state index in [9.17, 15) is 10.2 Å². The van der Waals surface area contributed by atoms with Crippen molar-refractivity contribution >= 4 is 0 Å². The van der Waals surface area contributed by atoms with Crippen molar-refractivity contribution in [1.82, 2.24) is 0 Å². The van der Waals surface area contributed by atoms with E-state index in [0.29, 0.717) is 6.42 Å². The molecule has 0 saturated carbocycles. The molecule has 0 aromatic rings. The van der Waals surface area contributed by atoms with Gasteiger partial charge < -0.3 is 24.4 Å². The monoisotopic (exact) mass is 218 g/mol. The van der Waals surface area contributed by atoms with Crippen LogP contribution >= 0.6 is 0 Å². The van der Waals surface area contributed by atoms with Crippen LogP contribution in [-0.4, -0.2) is 40.8 Å². The van der Waals surface area contributed by atoms with Crippen LogP contribution in [0.5, 0.6) is 0 Å². The summed E-state index contributed by atoms with van der Waals surface area (Å²) in [5, 5.41) is 19.2. The van der Waals surface area contributed by atoms with Gasteiger partial charge in [-0.1, -0.05) is 6.92 Å². The normalized spacial score (nSPS) is 49.8. The van der Waals surface area contributed by atoms with Crippen molar-refractivity contribution in [2.75, 3.05) is 0 Å². The Balaban J connectivity index is 2.11. The first-order valence-corrected chi connectivity index (χ1v) is 5.26. The lowest BCUT2D eigenvalue weighted by Crippen LogP contribution is -2.35. The molecule has 15 heavy (non-hydrogen) atoms. The second kappa shape index (κ2) is 3.68. The van der Waals surface area contributed by atoms with Crippen molar-refractivity contribution in [3.05, 3.63) is 0 Å². The molecule has 2 heterocycles. The molecule has 4 unspecified atom stereocenters. The third kappa shape index (κ3) is 2.16. The number of aliphatic hydroxyl groups is 2. The lowest BCUT2D eigenvalue weighted by Gasteiger charge is -2.23. The first-order valence-electron chi connectivity index (χ1n) is 5.26. The Morgan fingerprint density at radius 3 is 2.53 bits per heavy atom. The van der Waals surface area contributed by atoms with Crippen LogP contribution in [-0.2, 0) is 14.2 Å². The zero-order chi connectivity index (χ0) is 11.2. The molecule has 0 amide bonds. The zero-order valence-electron chi connectivity index (χ0n) is 9.21. The van der Waals surface area contributed by atoms with E-state index in [1.165, 1.54) is 0 Å². The summed E-state index contributed by atoms with van der Waals surface area (Å²) < 4.78 is 16.3. The van der Waals surface area contributed by atoms with E-state index in [2.05, 4.69) is 0 Å². The molecule has 0 spiro atoms. The molecule has 5 heteroatoms. The molecule has 5 atom stereocenters. The number of fused-ring (bicyclic) bond motifs is 1. The minimum Gasteiger partial charge on any atom is -0.388 e. The fraction of sp³-hybridized carbons (Fsp3) is 1.00. The van der Waals surface area contributed by atoms with Gasteiger partial charge in [0.2, 0.25) is 0 Å². The van der Waals surface area contributed by atoms with E-state index in [0.717, 1.165) is 0 Å². The summed E-state index contributed by atoms with van der Waals surface area (Å²) in [4.78, 5) is 0. The van der Waals surface area contributed by atoms with Gasteiger partial charge >= 0.3 is 0 Å². The number of hydrogen-bond acceptors (Lipinski definition) is 5. The molecule has 88 valence electrons. The topological polar surface area (TPSA) is 68.2 Å². The average Bonchev–Trinajstić information content (AvgIpc) is 2.34. The molecule has 2 aliphatic rings. The number of rotatable bonds is 0. The van der Waals surface area contributed by atoms with Crippen molar-refractivity contribution in [3.63, 3.8) is 0 Å². The Labute approximate surface area is 88.9 Å². The molecular formula is C10H18O5. The first kappa shape index (κ1) is 11.3. The molecule has 0 bridgehead atoms. The van der Waals surface area contributed by atoms with E-state index in [1.54, 1.807) is 13.8 Å². The Kier molecular flexibility index (Phi) is 2.77. The van der Waals surface area contributed by atoms with E-state index < -0.39 is 24.5 Å². The molecule has 2 N–H and O–H groups in total. The highest BCUT2D eigenvalue weighted by atomic mass is 16.8. The van der Waals surface area contributed by atoms with Gasteiger partial charge in [-0.15, -0.1) is 0 Å². The third-order valence-electron chi connectivity index (χ3n) is 2.89. The maximum Gasteiger partial charge on any atom is 0.190 e. The number of hydrogen-bond donors (Lipinski definition) is 2. The summed E-state index contributed by atoms with van der Waals surface area (Å²) in [6.07, 6.45) is -2.28. The summed E-state index contributed by atoms with van der Waals surface area (Å²) in [6.45, 7) is 5.46. The second-order valence-electron chi connectivity index (χ2n) is 4.77. The van der Waals surface area contributed by atoms with E-state index in [1.807, 2.05) is 6.92 Å². The van der Waals surface area contributed by atoms with Crippen LogP contribution in [0.1, 0.15) is 27.2 Å².